The molecule has 3 heteroatoms. The molecule has 0 spiro atoms. The van der Waals surface area contributed by atoms with Crippen LogP contribution < -0.4 is 0 Å². The summed E-state index contributed by atoms with van der Waals surface area (Å²) in [5.41, 5.74) is 1.02. The molecule has 2 N–H and O–H groups in total. The van der Waals surface area contributed by atoms with Crippen LogP contribution in [-0.4, -0.2) is 22.3 Å². The Labute approximate surface area is 140 Å². The third-order valence-corrected chi connectivity index (χ3v) is 4.33. The highest BCUT2D eigenvalue weighted by atomic mass is 16.4. The summed E-state index contributed by atoms with van der Waals surface area (Å²) >= 11 is 0. The SMILES string of the molecule is O=C(O)C(O)C(c1ccccc1)(c1ccccc1)c1ccccc1. The molecule has 0 aliphatic rings. The van der Waals surface area contributed by atoms with Gasteiger partial charge in [0.15, 0.2) is 6.10 Å². The lowest BCUT2D eigenvalue weighted by atomic mass is 9.65. The molecule has 120 valence electrons. The first-order valence-electron chi connectivity index (χ1n) is 7.75. The average molecular weight is 318 g/mol. The molecule has 0 fully saturated rings. The standard InChI is InChI=1S/C21H18O3/c22-19(20(23)24)21(16-10-4-1-5-11-16,17-12-6-2-7-13-17)18-14-8-3-9-15-18/h1-15,19,22H,(H,23,24). The first-order valence-corrected chi connectivity index (χ1v) is 7.75. The van der Waals surface area contributed by atoms with E-state index >= 15 is 0 Å². The topological polar surface area (TPSA) is 57.5 Å². The van der Waals surface area contributed by atoms with Gasteiger partial charge in [0, 0.05) is 0 Å². The van der Waals surface area contributed by atoms with Crippen LogP contribution >= 0.6 is 0 Å². The molecule has 0 heterocycles. The van der Waals surface area contributed by atoms with E-state index in [-0.39, 0.29) is 0 Å². The number of aliphatic hydroxyl groups excluding tert-OH is 1. The first kappa shape index (κ1) is 16.0. The normalized spacial score (nSPS) is 12.5. The summed E-state index contributed by atoms with van der Waals surface area (Å²) in [7, 11) is 0. The van der Waals surface area contributed by atoms with E-state index in [0.29, 0.717) is 0 Å². The number of carboxylic acids is 1. The highest BCUT2D eigenvalue weighted by Gasteiger charge is 2.46. The molecule has 0 bridgehead atoms. The first-order chi connectivity index (χ1) is 11.7. The zero-order chi connectivity index (χ0) is 17.0. The van der Waals surface area contributed by atoms with E-state index in [4.69, 9.17) is 0 Å². The van der Waals surface area contributed by atoms with Gasteiger partial charge in [-0.1, -0.05) is 91.0 Å². The zero-order valence-electron chi connectivity index (χ0n) is 13.0. The molecule has 0 aliphatic heterocycles. The zero-order valence-corrected chi connectivity index (χ0v) is 13.0. The fourth-order valence-corrected chi connectivity index (χ4v) is 3.26. The van der Waals surface area contributed by atoms with E-state index in [2.05, 4.69) is 0 Å². The van der Waals surface area contributed by atoms with Gasteiger partial charge in [-0.15, -0.1) is 0 Å². The van der Waals surface area contributed by atoms with Crippen molar-refractivity contribution in [2.24, 2.45) is 0 Å². The summed E-state index contributed by atoms with van der Waals surface area (Å²) in [6.07, 6.45) is -1.62. The molecule has 1 atom stereocenters. The van der Waals surface area contributed by atoms with Crippen LogP contribution in [0.15, 0.2) is 91.0 Å². The van der Waals surface area contributed by atoms with Gasteiger partial charge in [0.1, 0.15) is 0 Å². The van der Waals surface area contributed by atoms with Crippen LogP contribution in [0.5, 0.6) is 0 Å². The monoisotopic (exact) mass is 318 g/mol. The Balaban J connectivity index is 2.39. The Bertz CT molecular complexity index is 702. The van der Waals surface area contributed by atoms with Crippen molar-refractivity contribution >= 4 is 5.97 Å². The minimum atomic E-state index is -1.62. The second kappa shape index (κ2) is 6.69. The van der Waals surface area contributed by atoms with Crippen LogP contribution in [0.25, 0.3) is 0 Å². The van der Waals surface area contributed by atoms with Crippen LogP contribution in [0.4, 0.5) is 0 Å². The third-order valence-electron chi connectivity index (χ3n) is 4.33. The molecule has 3 nitrogen and oxygen atoms in total. The van der Waals surface area contributed by atoms with E-state index < -0.39 is 17.5 Å². The Hall–Kier alpha value is -2.91. The maximum atomic E-state index is 11.8. The van der Waals surface area contributed by atoms with Crippen LogP contribution in [0.3, 0.4) is 0 Å². The summed E-state index contributed by atoms with van der Waals surface area (Å²) in [6.45, 7) is 0. The predicted octanol–water partition coefficient (Wildman–Crippen LogP) is 3.47. The van der Waals surface area contributed by atoms with E-state index in [1.54, 1.807) is 0 Å². The van der Waals surface area contributed by atoms with Crippen LogP contribution in [0, 0.1) is 0 Å². The van der Waals surface area contributed by atoms with Gasteiger partial charge in [-0.3, -0.25) is 0 Å². The minimum Gasteiger partial charge on any atom is -0.479 e. The number of aliphatic hydroxyl groups is 1. The second-order valence-electron chi connectivity index (χ2n) is 5.65. The number of hydrogen-bond acceptors (Lipinski definition) is 2. The number of hydrogen-bond donors (Lipinski definition) is 2. The maximum absolute atomic E-state index is 11.8. The van der Waals surface area contributed by atoms with Crippen molar-refractivity contribution in [3.05, 3.63) is 108 Å². The molecule has 0 aromatic heterocycles. The van der Waals surface area contributed by atoms with Gasteiger partial charge >= 0.3 is 5.97 Å². The van der Waals surface area contributed by atoms with Crippen molar-refractivity contribution in [1.29, 1.82) is 0 Å². The molecule has 0 amide bonds. The lowest BCUT2D eigenvalue weighted by Crippen LogP contribution is -2.46. The van der Waals surface area contributed by atoms with Crippen LogP contribution in [-0.2, 0) is 10.2 Å². The Morgan fingerprint density at radius 1 is 0.667 bits per heavy atom. The van der Waals surface area contributed by atoms with Crippen molar-refractivity contribution in [2.45, 2.75) is 11.5 Å². The largest absolute Gasteiger partial charge is 0.479 e. The fourth-order valence-electron chi connectivity index (χ4n) is 3.26. The smallest absolute Gasteiger partial charge is 0.334 e. The van der Waals surface area contributed by atoms with E-state index in [0.717, 1.165) is 16.7 Å². The highest BCUT2D eigenvalue weighted by molar-refractivity contribution is 5.78. The summed E-state index contributed by atoms with van der Waals surface area (Å²) in [5, 5.41) is 20.4. The van der Waals surface area contributed by atoms with Gasteiger partial charge in [-0.05, 0) is 16.7 Å². The van der Waals surface area contributed by atoms with Gasteiger partial charge in [0.25, 0.3) is 0 Å². The average Bonchev–Trinajstić information content (AvgIpc) is 2.65. The number of rotatable bonds is 5. The fraction of sp³-hybridized carbons (Fsp3) is 0.0952. The number of carbonyl (C=O) groups is 1. The van der Waals surface area contributed by atoms with Gasteiger partial charge in [-0.2, -0.15) is 0 Å². The summed E-state index contributed by atoms with van der Waals surface area (Å²) < 4.78 is 0. The van der Waals surface area contributed by atoms with Crippen molar-refractivity contribution in [2.75, 3.05) is 0 Å². The van der Waals surface area contributed by atoms with E-state index in [1.807, 2.05) is 91.0 Å². The molecule has 3 aromatic carbocycles. The van der Waals surface area contributed by atoms with Crippen molar-refractivity contribution < 1.29 is 15.0 Å². The molecule has 0 saturated heterocycles. The summed E-state index contributed by atoms with van der Waals surface area (Å²) in [5.74, 6) is -1.26. The summed E-state index contributed by atoms with van der Waals surface area (Å²) in [4.78, 5) is 11.8. The maximum Gasteiger partial charge on any atom is 0.334 e. The summed E-state index contributed by atoms with van der Waals surface area (Å²) in [6, 6.07) is 27.8. The van der Waals surface area contributed by atoms with Crippen LogP contribution in [0.1, 0.15) is 16.7 Å². The Kier molecular flexibility index (Phi) is 4.45. The third kappa shape index (κ3) is 2.59. The Morgan fingerprint density at radius 3 is 1.21 bits per heavy atom. The lowest BCUT2D eigenvalue weighted by Gasteiger charge is -2.38. The molecule has 0 aliphatic carbocycles. The number of carboxylic acid groups (broad SMARTS) is 1. The van der Waals surface area contributed by atoms with Gasteiger partial charge in [0.2, 0.25) is 0 Å². The minimum absolute atomic E-state index is 0.734. The van der Waals surface area contributed by atoms with Crippen LogP contribution in [0.2, 0.25) is 0 Å². The van der Waals surface area contributed by atoms with Gasteiger partial charge in [-0.25, -0.2) is 4.79 Å². The molecule has 1 unspecified atom stereocenters. The van der Waals surface area contributed by atoms with Gasteiger partial charge < -0.3 is 10.2 Å². The lowest BCUT2D eigenvalue weighted by molar-refractivity contribution is -0.149. The molecule has 0 radical (unpaired) electrons. The second-order valence-corrected chi connectivity index (χ2v) is 5.65. The van der Waals surface area contributed by atoms with E-state index in [1.165, 1.54) is 0 Å². The molecule has 0 saturated carbocycles. The van der Waals surface area contributed by atoms with Crippen molar-refractivity contribution in [3.63, 3.8) is 0 Å². The van der Waals surface area contributed by atoms with Crippen molar-refractivity contribution in [1.82, 2.24) is 0 Å². The highest BCUT2D eigenvalue weighted by Crippen LogP contribution is 2.42. The van der Waals surface area contributed by atoms with E-state index in [9.17, 15) is 15.0 Å². The molecule has 24 heavy (non-hydrogen) atoms. The number of benzene rings is 3. The van der Waals surface area contributed by atoms with Gasteiger partial charge in [0.05, 0.1) is 5.41 Å². The quantitative estimate of drug-likeness (QED) is 0.708. The molecular weight excluding hydrogens is 300 g/mol. The predicted molar refractivity (Wildman–Crippen MR) is 92.9 cm³/mol. The molecular formula is C21H18O3. The molecule has 3 rings (SSSR count). The Morgan fingerprint density at radius 2 is 0.958 bits per heavy atom. The molecule has 3 aromatic rings. The number of aliphatic carboxylic acids is 1. The van der Waals surface area contributed by atoms with Crippen molar-refractivity contribution in [3.8, 4) is 0 Å².